The first-order valence-corrected chi connectivity index (χ1v) is 11.2. The Balaban J connectivity index is 1.62. The molecule has 0 aliphatic heterocycles. The molecule has 3 aromatic carbocycles. The minimum absolute atomic E-state index is 0.117. The van der Waals surface area contributed by atoms with Gasteiger partial charge in [-0.15, -0.1) is 5.10 Å². The third kappa shape index (κ3) is 5.28. The molecule has 0 bridgehead atoms. The molecule has 3 N–H and O–H groups in total. The number of rotatable bonds is 10. The van der Waals surface area contributed by atoms with Gasteiger partial charge in [-0.1, -0.05) is 92.2 Å². The second kappa shape index (κ2) is 10.8. The standard InChI is InChI=1S/C26H30N6/c1-2-3-16-32-26(29-30-31-32)25(28-19-21-9-7-8-20(17-21)18-27)24-14-12-23(13-15-24)22-10-5-4-6-11-22/h4-15,17,25,28H,2-3,16,18-19,27H2,1H3. The molecule has 4 rings (SSSR count). The molecule has 1 atom stereocenters. The van der Waals surface area contributed by atoms with Crippen molar-refractivity contribution >= 4 is 0 Å². The molecule has 0 saturated heterocycles. The first-order valence-electron chi connectivity index (χ1n) is 11.2. The van der Waals surface area contributed by atoms with E-state index < -0.39 is 0 Å². The number of tetrazole rings is 1. The van der Waals surface area contributed by atoms with Crippen LogP contribution in [0.3, 0.4) is 0 Å². The van der Waals surface area contributed by atoms with Gasteiger partial charge >= 0.3 is 0 Å². The van der Waals surface area contributed by atoms with Crippen molar-refractivity contribution in [3.63, 3.8) is 0 Å². The minimum Gasteiger partial charge on any atom is -0.326 e. The van der Waals surface area contributed by atoms with Gasteiger partial charge in [-0.2, -0.15) is 0 Å². The molecule has 4 aromatic rings. The summed E-state index contributed by atoms with van der Waals surface area (Å²) < 4.78 is 1.92. The van der Waals surface area contributed by atoms with Crippen molar-refractivity contribution in [3.8, 4) is 11.1 Å². The second-order valence-corrected chi connectivity index (χ2v) is 7.94. The Morgan fingerprint density at radius 1 is 0.906 bits per heavy atom. The van der Waals surface area contributed by atoms with Crippen LogP contribution >= 0.6 is 0 Å². The van der Waals surface area contributed by atoms with Gasteiger partial charge in [0.05, 0.1) is 6.04 Å². The number of benzene rings is 3. The van der Waals surface area contributed by atoms with E-state index >= 15 is 0 Å². The van der Waals surface area contributed by atoms with Gasteiger partial charge in [0.1, 0.15) is 0 Å². The van der Waals surface area contributed by atoms with Crippen molar-refractivity contribution < 1.29 is 0 Å². The molecule has 1 heterocycles. The quantitative estimate of drug-likeness (QED) is 0.391. The predicted molar refractivity (Wildman–Crippen MR) is 128 cm³/mol. The van der Waals surface area contributed by atoms with Crippen LogP contribution in [0.4, 0.5) is 0 Å². The highest BCUT2D eigenvalue weighted by molar-refractivity contribution is 5.63. The summed E-state index contributed by atoms with van der Waals surface area (Å²) in [5.74, 6) is 0.834. The molecule has 0 aliphatic carbocycles. The lowest BCUT2D eigenvalue weighted by molar-refractivity contribution is 0.488. The molecular formula is C26H30N6. The highest BCUT2D eigenvalue weighted by atomic mass is 15.5. The highest BCUT2D eigenvalue weighted by Gasteiger charge is 2.21. The van der Waals surface area contributed by atoms with E-state index in [0.717, 1.165) is 36.3 Å². The SMILES string of the molecule is CCCCn1nnnc1C(NCc1cccc(CN)c1)c1ccc(-c2ccccc2)cc1. The topological polar surface area (TPSA) is 81.7 Å². The Bertz CT molecular complexity index is 1100. The van der Waals surface area contributed by atoms with Crippen LogP contribution in [-0.2, 0) is 19.6 Å². The van der Waals surface area contributed by atoms with E-state index in [4.69, 9.17) is 5.73 Å². The molecule has 32 heavy (non-hydrogen) atoms. The number of nitrogens with zero attached hydrogens (tertiary/aromatic N) is 4. The number of nitrogens with one attached hydrogen (secondary N) is 1. The number of unbranched alkanes of at least 4 members (excludes halogenated alkanes) is 1. The third-order valence-electron chi connectivity index (χ3n) is 5.63. The highest BCUT2D eigenvalue weighted by Crippen LogP contribution is 2.25. The molecule has 6 nitrogen and oxygen atoms in total. The minimum atomic E-state index is -0.117. The molecule has 0 spiro atoms. The summed E-state index contributed by atoms with van der Waals surface area (Å²) in [6, 6.07) is 27.3. The summed E-state index contributed by atoms with van der Waals surface area (Å²) in [6.07, 6.45) is 2.13. The van der Waals surface area contributed by atoms with Gasteiger partial charge < -0.3 is 5.73 Å². The maximum atomic E-state index is 5.82. The van der Waals surface area contributed by atoms with Crippen LogP contribution in [0.15, 0.2) is 78.9 Å². The van der Waals surface area contributed by atoms with Crippen molar-refractivity contribution in [2.45, 2.75) is 45.4 Å². The van der Waals surface area contributed by atoms with E-state index in [0.29, 0.717) is 13.1 Å². The monoisotopic (exact) mass is 426 g/mol. The number of hydrogen-bond donors (Lipinski definition) is 2. The lowest BCUT2D eigenvalue weighted by atomic mass is 10.00. The van der Waals surface area contributed by atoms with Gasteiger partial charge in [0.15, 0.2) is 5.82 Å². The number of aromatic nitrogens is 4. The van der Waals surface area contributed by atoms with E-state index in [1.165, 1.54) is 16.7 Å². The van der Waals surface area contributed by atoms with Gasteiger partial charge in [-0.05, 0) is 44.7 Å². The summed E-state index contributed by atoms with van der Waals surface area (Å²) in [6.45, 7) is 4.21. The maximum absolute atomic E-state index is 5.82. The van der Waals surface area contributed by atoms with Gasteiger partial charge in [-0.25, -0.2) is 4.68 Å². The largest absolute Gasteiger partial charge is 0.326 e. The zero-order valence-electron chi connectivity index (χ0n) is 18.5. The van der Waals surface area contributed by atoms with Crippen molar-refractivity contribution in [2.75, 3.05) is 0 Å². The average Bonchev–Trinajstić information content (AvgIpc) is 3.32. The van der Waals surface area contributed by atoms with Gasteiger partial charge in [-0.3, -0.25) is 5.32 Å². The summed E-state index contributed by atoms with van der Waals surface area (Å²) in [4.78, 5) is 0. The zero-order chi connectivity index (χ0) is 22.2. The fourth-order valence-electron chi connectivity index (χ4n) is 3.83. The number of hydrogen-bond acceptors (Lipinski definition) is 5. The summed E-state index contributed by atoms with van der Waals surface area (Å²) in [7, 11) is 0. The van der Waals surface area contributed by atoms with Crippen LogP contribution in [-0.4, -0.2) is 20.2 Å². The number of aryl methyl sites for hydroxylation is 1. The van der Waals surface area contributed by atoms with Gasteiger partial charge in [0.2, 0.25) is 0 Å². The molecule has 164 valence electrons. The van der Waals surface area contributed by atoms with Crippen LogP contribution in [0.25, 0.3) is 11.1 Å². The van der Waals surface area contributed by atoms with Crippen LogP contribution < -0.4 is 11.1 Å². The van der Waals surface area contributed by atoms with E-state index in [-0.39, 0.29) is 6.04 Å². The van der Waals surface area contributed by atoms with Crippen LogP contribution in [0, 0.1) is 0 Å². The fourth-order valence-corrected chi connectivity index (χ4v) is 3.83. The van der Waals surface area contributed by atoms with Crippen molar-refractivity contribution in [2.24, 2.45) is 5.73 Å². The Morgan fingerprint density at radius 3 is 2.41 bits per heavy atom. The summed E-state index contributed by atoms with van der Waals surface area (Å²) >= 11 is 0. The zero-order valence-corrected chi connectivity index (χ0v) is 18.5. The Kier molecular flexibility index (Phi) is 7.38. The number of nitrogens with two attached hydrogens (primary N) is 1. The third-order valence-corrected chi connectivity index (χ3v) is 5.63. The lowest BCUT2D eigenvalue weighted by Gasteiger charge is -2.19. The van der Waals surface area contributed by atoms with Gasteiger partial charge in [0, 0.05) is 19.6 Å². The Morgan fingerprint density at radius 2 is 1.66 bits per heavy atom. The lowest BCUT2D eigenvalue weighted by Crippen LogP contribution is -2.26. The van der Waals surface area contributed by atoms with Crippen molar-refractivity contribution in [1.29, 1.82) is 0 Å². The normalized spacial score (nSPS) is 12.1. The molecule has 0 fully saturated rings. The van der Waals surface area contributed by atoms with Crippen molar-refractivity contribution in [3.05, 3.63) is 101 Å². The van der Waals surface area contributed by atoms with Crippen LogP contribution in [0.1, 0.15) is 48.3 Å². The molecular weight excluding hydrogens is 396 g/mol. The smallest absolute Gasteiger partial charge is 0.172 e. The summed E-state index contributed by atoms with van der Waals surface area (Å²) in [5, 5.41) is 16.3. The van der Waals surface area contributed by atoms with Crippen LogP contribution in [0.5, 0.6) is 0 Å². The van der Waals surface area contributed by atoms with Crippen LogP contribution in [0.2, 0.25) is 0 Å². The molecule has 0 radical (unpaired) electrons. The van der Waals surface area contributed by atoms with E-state index in [1.807, 2.05) is 16.8 Å². The Labute approximate surface area is 189 Å². The Hall–Kier alpha value is -3.35. The van der Waals surface area contributed by atoms with Crippen molar-refractivity contribution in [1.82, 2.24) is 25.5 Å². The second-order valence-electron chi connectivity index (χ2n) is 7.94. The summed E-state index contributed by atoms with van der Waals surface area (Å²) in [5.41, 5.74) is 11.7. The maximum Gasteiger partial charge on any atom is 0.172 e. The molecule has 1 unspecified atom stereocenters. The molecule has 1 aromatic heterocycles. The molecule has 0 amide bonds. The first kappa shape index (κ1) is 21.9. The fraction of sp³-hybridized carbons (Fsp3) is 0.269. The predicted octanol–water partition coefficient (Wildman–Crippen LogP) is 4.48. The molecule has 0 saturated carbocycles. The molecule has 0 aliphatic rings. The van der Waals surface area contributed by atoms with E-state index in [2.05, 4.69) is 94.5 Å². The first-order chi connectivity index (χ1) is 15.8. The molecule has 6 heteroatoms. The van der Waals surface area contributed by atoms with E-state index in [1.54, 1.807) is 0 Å². The van der Waals surface area contributed by atoms with Gasteiger partial charge in [0.25, 0.3) is 0 Å². The van der Waals surface area contributed by atoms with E-state index in [9.17, 15) is 0 Å². The average molecular weight is 427 g/mol.